The van der Waals surface area contributed by atoms with Crippen LogP contribution in [-0.4, -0.2) is 30.9 Å². The number of nitrogens with one attached hydrogen (secondary N) is 1. The highest BCUT2D eigenvalue weighted by Gasteiger charge is 2.35. The lowest BCUT2D eigenvalue weighted by Gasteiger charge is -2.17. The molecule has 2 amide bonds. The summed E-state index contributed by atoms with van der Waals surface area (Å²) < 4.78 is 5.86. The molecule has 2 aromatic carbocycles. The zero-order valence-corrected chi connectivity index (χ0v) is 16.4. The lowest BCUT2D eigenvalue weighted by atomic mass is 10.1. The van der Waals surface area contributed by atoms with Gasteiger partial charge < -0.3 is 15.0 Å². The molecule has 1 N–H and O–H groups in total. The summed E-state index contributed by atoms with van der Waals surface area (Å²) in [6.45, 7) is 2.39. The van der Waals surface area contributed by atoms with Crippen molar-refractivity contribution >= 4 is 45.1 Å². The Morgan fingerprint density at radius 2 is 1.81 bits per heavy atom. The van der Waals surface area contributed by atoms with E-state index in [0.717, 1.165) is 10.2 Å². The van der Waals surface area contributed by atoms with E-state index >= 15 is 0 Å². The van der Waals surface area contributed by atoms with Crippen LogP contribution in [0.4, 0.5) is 11.4 Å². The summed E-state index contributed by atoms with van der Waals surface area (Å²) >= 11 is 3.37. The van der Waals surface area contributed by atoms with Crippen molar-refractivity contribution in [3.05, 3.63) is 58.6 Å². The van der Waals surface area contributed by atoms with Gasteiger partial charge >= 0.3 is 5.97 Å². The molecular formula is C20H19BrN2O4. The molecule has 1 aliphatic rings. The number of esters is 1. The number of benzene rings is 2. The molecule has 1 saturated heterocycles. The average molecular weight is 431 g/mol. The molecule has 1 unspecified atom stereocenters. The minimum Gasteiger partial charge on any atom is -0.462 e. The molecule has 0 bridgehead atoms. The summed E-state index contributed by atoms with van der Waals surface area (Å²) in [5.41, 5.74) is 1.77. The van der Waals surface area contributed by atoms with Crippen molar-refractivity contribution in [3.63, 3.8) is 0 Å². The van der Waals surface area contributed by atoms with Gasteiger partial charge in [0.25, 0.3) is 0 Å². The van der Waals surface area contributed by atoms with E-state index in [4.69, 9.17) is 4.74 Å². The van der Waals surface area contributed by atoms with Gasteiger partial charge in [-0.1, -0.05) is 15.9 Å². The second-order valence-corrected chi connectivity index (χ2v) is 7.08. The molecule has 7 heteroatoms. The van der Waals surface area contributed by atoms with Gasteiger partial charge in [-0.05, 0) is 55.5 Å². The SMILES string of the molecule is CCOC(=O)c1ccc(NC(=O)C2CC(=O)N(c3ccc(Br)cc3)C2)cc1. The van der Waals surface area contributed by atoms with Crippen LogP contribution in [0.2, 0.25) is 0 Å². The van der Waals surface area contributed by atoms with Crippen LogP contribution in [0.5, 0.6) is 0 Å². The number of rotatable bonds is 5. The van der Waals surface area contributed by atoms with Crippen LogP contribution in [0.3, 0.4) is 0 Å². The third kappa shape index (κ3) is 4.54. The van der Waals surface area contributed by atoms with Gasteiger partial charge in [0.2, 0.25) is 11.8 Å². The topological polar surface area (TPSA) is 75.7 Å². The number of ether oxygens (including phenoxy) is 1. The Kier molecular flexibility index (Phi) is 5.91. The lowest BCUT2D eigenvalue weighted by Crippen LogP contribution is -2.28. The summed E-state index contributed by atoms with van der Waals surface area (Å²) in [6, 6.07) is 13.9. The highest BCUT2D eigenvalue weighted by molar-refractivity contribution is 9.10. The molecule has 0 saturated carbocycles. The maximum atomic E-state index is 12.5. The second-order valence-electron chi connectivity index (χ2n) is 6.17. The third-order valence-corrected chi connectivity index (χ3v) is 4.83. The maximum absolute atomic E-state index is 12.5. The zero-order valence-electron chi connectivity index (χ0n) is 14.8. The Labute approximate surface area is 165 Å². The first-order valence-electron chi connectivity index (χ1n) is 8.62. The van der Waals surface area contributed by atoms with Crippen molar-refractivity contribution in [1.29, 1.82) is 0 Å². The maximum Gasteiger partial charge on any atom is 0.338 e. The lowest BCUT2D eigenvalue weighted by molar-refractivity contribution is -0.122. The van der Waals surface area contributed by atoms with Gasteiger partial charge in [-0.2, -0.15) is 0 Å². The molecule has 0 aliphatic carbocycles. The summed E-state index contributed by atoms with van der Waals surface area (Å²) in [4.78, 5) is 38.1. The molecule has 1 atom stereocenters. The Morgan fingerprint density at radius 3 is 2.44 bits per heavy atom. The van der Waals surface area contributed by atoms with Crippen molar-refractivity contribution < 1.29 is 19.1 Å². The fourth-order valence-corrected chi connectivity index (χ4v) is 3.17. The van der Waals surface area contributed by atoms with Crippen LogP contribution in [0, 0.1) is 5.92 Å². The number of carbonyl (C=O) groups excluding carboxylic acids is 3. The number of amides is 2. The molecule has 1 aliphatic heterocycles. The van der Waals surface area contributed by atoms with Gasteiger partial charge in [0.05, 0.1) is 18.1 Å². The molecule has 0 aromatic heterocycles. The number of anilines is 2. The fourth-order valence-electron chi connectivity index (χ4n) is 2.90. The molecule has 2 aromatic rings. The normalized spacial score (nSPS) is 16.3. The van der Waals surface area contributed by atoms with E-state index in [0.29, 0.717) is 24.4 Å². The van der Waals surface area contributed by atoms with Crippen LogP contribution < -0.4 is 10.2 Å². The Morgan fingerprint density at radius 1 is 1.15 bits per heavy atom. The number of hydrogen-bond acceptors (Lipinski definition) is 4. The van der Waals surface area contributed by atoms with E-state index in [1.54, 1.807) is 36.1 Å². The molecular weight excluding hydrogens is 412 g/mol. The van der Waals surface area contributed by atoms with Crippen molar-refractivity contribution in [2.45, 2.75) is 13.3 Å². The summed E-state index contributed by atoms with van der Waals surface area (Å²) in [7, 11) is 0. The minimum atomic E-state index is -0.425. The molecule has 0 radical (unpaired) electrons. The van der Waals surface area contributed by atoms with Crippen molar-refractivity contribution in [1.82, 2.24) is 0 Å². The molecule has 6 nitrogen and oxygen atoms in total. The van der Waals surface area contributed by atoms with Crippen molar-refractivity contribution in [2.75, 3.05) is 23.4 Å². The van der Waals surface area contributed by atoms with Gasteiger partial charge in [-0.25, -0.2) is 4.79 Å². The third-order valence-electron chi connectivity index (χ3n) is 4.30. The number of halogens is 1. The molecule has 0 spiro atoms. The van der Waals surface area contributed by atoms with Crippen molar-refractivity contribution in [2.24, 2.45) is 5.92 Å². The zero-order chi connectivity index (χ0) is 19.4. The van der Waals surface area contributed by atoms with Crippen LogP contribution in [0.1, 0.15) is 23.7 Å². The molecule has 27 heavy (non-hydrogen) atoms. The van der Waals surface area contributed by atoms with Gasteiger partial charge in [-0.15, -0.1) is 0 Å². The minimum absolute atomic E-state index is 0.0740. The highest BCUT2D eigenvalue weighted by atomic mass is 79.9. The predicted octanol–water partition coefficient (Wildman–Crippen LogP) is 3.62. The van der Waals surface area contributed by atoms with E-state index in [1.165, 1.54) is 0 Å². The Balaban J connectivity index is 1.62. The van der Waals surface area contributed by atoms with Gasteiger partial charge in [0.1, 0.15) is 0 Å². The van der Waals surface area contributed by atoms with E-state index in [2.05, 4.69) is 21.2 Å². The van der Waals surface area contributed by atoms with E-state index < -0.39 is 11.9 Å². The van der Waals surface area contributed by atoms with Crippen LogP contribution in [0.25, 0.3) is 0 Å². The van der Waals surface area contributed by atoms with Gasteiger partial charge in [0, 0.05) is 28.8 Å². The highest BCUT2D eigenvalue weighted by Crippen LogP contribution is 2.27. The molecule has 140 valence electrons. The first-order chi connectivity index (χ1) is 13.0. The standard InChI is InChI=1S/C20H19BrN2O4/c1-2-27-20(26)13-3-7-16(8-4-13)22-19(25)14-11-18(24)23(12-14)17-9-5-15(21)6-10-17/h3-10,14H,2,11-12H2,1H3,(H,22,25). The van der Waals surface area contributed by atoms with Crippen molar-refractivity contribution in [3.8, 4) is 0 Å². The Hall–Kier alpha value is -2.67. The number of carbonyl (C=O) groups is 3. The smallest absolute Gasteiger partial charge is 0.338 e. The largest absolute Gasteiger partial charge is 0.462 e. The van der Waals surface area contributed by atoms with E-state index in [-0.39, 0.29) is 18.2 Å². The van der Waals surface area contributed by atoms with Gasteiger partial charge in [0.15, 0.2) is 0 Å². The molecule has 1 fully saturated rings. The number of nitrogens with zero attached hydrogens (tertiary/aromatic N) is 1. The Bertz CT molecular complexity index is 849. The summed E-state index contributed by atoms with van der Waals surface area (Å²) in [5.74, 6) is -1.12. The second kappa shape index (κ2) is 8.35. The van der Waals surface area contributed by atoms with Gasteiger partial charge in [-0.3, -0.25) is 9.59 Å². The van der Waals surface area contributed by atoms with E-state index in [9.17, 15) is 14.4 Å². The van der Waals surface area contributed by atoms with Crippen LogP contribution in [0.15, 0.2) is 53.0 Å². The van der Waals surface area contributed by atoms with Crippen LogP contribution >= 0.6 is 15.9 Å². The first-order valence-corrected chi connectivity index (χ1v) is 9.41. The predicted molar refractivity (Wildman–Crippen MR) is 106 cm³/mol. The van der Waals surface area contributed by atoms with E-state index in [1.807, 2.05) is 24.3 Å². The summed E-state index contributed by atoms with van der Waals surface area (Å²) in [6.07, 6.45) is 0.169. The fraction of sp³-hybridized carbons (Fsp3) is 0.250. The van der Waals surface area contributed by atoms with Crippen LogP contribution in [-0.2, 0) is 14.3 Å². The first kappa shape index (κ1) is 19.1. The number of hydrogen-bond donors (Lipinski definition) is 1. The molecule has 1 heterocycles. The average Bonchev–Trinajstić information content (AvgIpc) is 3.05. The monoisotopic (exact) mass is 430 g/mol. The quantitative estimate of drug-likeness (QED) is 0.734. The molecule has 3 rings (SSSR count). The summed E-state index contributed by atoms with van der Waals surface area (Å²) in [5, 5.41) is 2.81.